The number of halogens is 1. The Bertz CT molecular complexity index is 1740. The number of carbonyl (C=O) groups is 1. The van der Waals surface area contributed by atoms with Crippen molar-refractivity contribution in [1.82, 2.24) is 4.57 Å². The molecule has 1 atom stereocenters. The van der Waals surface area contributed by atoms with Crippen LogP contribution in [0.4, 0.5) is 0 Å². The third kappa shape index (κ3) is 5.67. The van der Waals surface area contributed by atoms with Gasteiger partial charge in [-0.3, -0.25) is 9.36 Å². The zero-order valence-corrected chi connectivity index (χ0v) is 24.2. The highest BCUT2D eigenvalue weighted by molar-refractivity contribution is 9.10. The fourth-order valence-corrected chi connectivity index (χ4v) is 6.02. The van der Waals surface area contributed by atoms with E-state index in [1.807, 2.05) is 85.8 Å². The van der Waals surface area contributed by atoms with Crippen LogP contribution in [-0.4, -0.2) is 17.1 Å². The first-order valence-electron chi connectivity index (χ1n) is 12.6. The molecule has 2 heterocycles. The molecule has 198 valence electrons. The Hall–Kier alpha value is -3.75. The Morgan fingerprint density at radius 2 is 1.82 bits per heavy atom. The molecule has 0 N–H and O–H groups in total. The summed E-state index contributed by atoms with van der Waals surface area (Å²) in [6.45, 7) is 6.24. The van der Waals surface area contributed by atoms with Crippen molar-refractivity contribution < 1.29 is 14.3 Å². The van der Waals surface area contributed by atoms with Gasteiger partial charge in [-0.15, -0.1) is 0 Å². The summed E-state index contributed by atoms with van der Waals surface area (Å²) >= 11 is 4.90. The molecule has 0 aliphatic carbocycles. The number of fused-ring (bicyclic) bond motifs is 1. The summed E-state index contributed by atoms with van der Waals surface area (Å²) < 4.78 is 14.2. The van der Waals surface area contributed by atoms with Crippen LogP contribution in [0.3, 0.4) is 0 Å². The maximum absolute atomic E-state index is 13.8. The van der Waals surface area contributed by atoms with Crippen LogP contribution in [-0.2, 0) is 16.1 Å². The molecule has 0 amide bonds. The summed E-state index contributed by atoms with van der Waals surface area (Å²) in [4.78, 5) is 32.0. The first kappa shape index (κ1) is 26.8. The van der Waals surface area contributed by atoms with Crippen LogP contribution in [0.15, 0.2) is 98.3 Å². The third-order valence-corrected chi connectivity index (χ3v) is 8.00. The van der Waals surface area contributed by atoms with Crippen LogP contribution in [0.1, 0.15) is 42.1 Å². The lowest BCUT2D eigenvalue weighted by Crippen LogP contribution is -2.39. The number of esters is 1. The van der Waals surface area contributed by atoms with Gasteiger partial charge in [0.05, 0.1) is 32.9 Å². The van der Waals surface area contributed by atoms with Crippen molar-refractivity contribution >= 4 is 39.3 Å². The van der Waals surface area contributed by atoms with E-state index in [4.69, 9.17) is 9.47 Å². The summed E-state index contributed by atoms with van der Waals surface area (Å²) in [5, 5.41) is 0. The first-order valence-corrected chi connectivity index (χ1v) is 14.2. The lowest BCUT2D eigenvalue weighted by Gasteiger charge is -2.24. The molecular weight excluding hydrogens is 576 g/mol. The predicted octanol–water partition coefficient (Wildman–Crippen LogP) is 5.45. The highest BCUT2D eigenvalue weighted by Gasteiger charge is 2.33. The minimum absolute atomic E-state index is 0.209. The summed E-state index contributed by atoms with van der Waals surface area (Å²) in [7, 11) is 0. The Kier molecular flexibility index (Phi) is 7.95. The van der Waals surface area contributed by atoms with E-state index in [-0.39, 0.29) is 12.2 Å². The standard InChI is InChI=1S/C31H27BrN2O4S/c1-4-37-30(36)27-20(3)33-31-34(28(27)23-13-10-19(2)11-14-23)29(35)26(39-31)17-22-12-15-25(24(32)16-22)38-18-21-8-6-5-7-9-21/h5-17,28H,4,18H2,1-3H3/b26-17+/t28-/m0/s1. The second-order valence-electron chi connectivity index (χ2n) is 9.18. The lowest BCUT2D eigenvalue weighted by molar-refractivity contribution is -0.139. The van der Waals surface area contributed by atoms with E-state index in [9.17, 15) is 9.59 Å². The zero-order valence-electron chi connectivity index (χ0n) is 21.8. The molecule has 6 nitrogen and oxygen atoms in total. The van der Waals surface area contributed by atoms with Crippen LogP contribution in [0.25, 0.3) is 6.08 Å². The van der Waals surface area contributed by atoms with Crippen molar-refractivity contribution in [2.24, 2.45) is 4.99 Å². The van der Waals surface area contributed by atoms with Gasteiger partial charge in [0.1, 0.15) is 12.4 Å². The van der Waals surface area contributed by atoms with Crippen molar-refractivity contribution in [1.29, 1.82) is 0 Å². The Morgan fingerprint density at radius 1 is 1.08 bits per heavy atom. The van der Waals surface area contributed by atoms with Crippen molar-refractivity contribution in [3.05, 3.63) is 130 Å². The Balaban J connectivity index is 1.53. The number of thiazole rings is 1. The fourth-order valence-electron chi connectivity index (χ4n) is 4.47. The smallest absolute Gasteiger partial charge is 0.338 e. The molecule has 0 saturated heterocycles. The van der Waals surface area contributed by atoms with Crippen LogP contribution >= 0.6 is 27.3 Å². The number of hydrogen-bond acceptors (Lipinski definition) is 6. The van der Waals surface area contributed by atoms with Gasteiger partial charge < -0.3 is 9.47 Å². The molecular formula is C31H27BrN2O4S. The Morgan fingerprint density at radius 3 is 2.51 bits per heavy atom. The average molecular weight is 604 g/mol. The maximum Gasteiger partial charge on any atom is 0.338 e. The topological polar surface area (TPSA) is 69.9 Å². The second kappa shape index (κ2) is 11.6. The maximum atomic E-state index is 13.8. The number of nitrogens with zero attached hydrogens (tertiary/aromatic N) is 2. The molecule has 1 aliphatic heterocycles. The highest BCUT2D eigenvalue weighted by Crippen LogP contribution is 2.31. The van der Waals surface area contributed by atoms with Crippen LogP contribution in [0.2, 0.25) is 0 Å². The van der Waals surface area contributed by atoms with Crippen molar-refractivity contribution in [3.8, 4) is 5.75 Å². The van der Waals surface area contributed by atoms with E-state index in [1.54, 1.807) is 18.4 Å². The molecule has 0 radical (unpaired) electrons. The molecule has 0 fully saturated rings. The van der Waals surface area contributed by atoms with E-state index in [2.05, 4.69) is 20.9 Å². The molecule has 1 aliphatic rings. The van der Waals surface area contributed by atoms with Crippen molar-refractivity contribution in [2.45, 2.75) is 33.4 Å². The van der Waals surface area contributed by atoms with E-state index >= 15 is 0 Å². The highest BCUT2D eigenvalue weighted by atomic mass is 79.9. The lowest BCUT2D eigenvalue weighted by atomic mass is 9.95. The molecule has 5 rings (SSSR count). The molecule has 0 bridgehead atoms. The number of hydrogen-bond donors (Lipinski definition) is 0. The van der Waals surface area contributed by atoms with Gasteiger partial charge in [0, 0.05) is 0 Å². The number of carbonyl (C=O) groups excluding carboxylic acids is 1. The molecule has 0 unspecified atom stereocenters. The summed E-state index contributed by atoms with van der Waals surface area (Å²) in [5.74, 6) is 0.250. The van der Waals surface area contributed by atoms with Gasteiger partial charge in [-0.1, -0.05) is 77.6 Å². The van der Waals surface area contributed by atoms with Gasteiger partial charge in [0.15, 0.2) is 4.80 Å². The van der Waals surface area contributed by atoms with E-state index in [1.165, 1.54) is 11.3 Å². The van der Waals surface area contributed by atoms with Crippen LogP contribution in [0.5, 0.6) is 5.75 Å². The minimum atomic E-state index is -0.622. The monoisotopic (exact) mass is 602 g/mol. The molecule has 0 spiro atoms. The van der Waals surface area contributed by atoms with Gasteiger partial charge in [-0.2, -0.15) is 0 Å². The second-order valence-corrected chi connectivity index (χ2v) is 11.0. The summed E-state index contributed by atoms with van der Waals surface area (Å²) in [6, 6.07) is 22.9. The van der Waals surface area contributed by atoms with Crippen LogP contribution < -0.4 is 19.6 Å². The van der Waals surface area contributed by atoms with Gasteiger partial charge in [0.25, 0.3) is 5.56 Å². The molecule has 8 heteroatoms. The first-order chi connectivity index (χ1) is 18.9. The number of allylic oxidation sites excluding steroid dienone is 1. The van der Waals surface area contributed by atoms with E-state index in [0.29, 0.717) is 33.0 Å². The third-order valence-electron chi connectivity index (χ3n) is 6.40. The van der Waals surface area contributed by atoms with Crippen molar-refractivity contribution in [3.63, 3.8) is 0 Å². The van der Waals surface area contributed by atoms with Crippen molar-refractivity contribution in [2.75, 3.05) is 6.61 Å². The predicted molar refractivity (Wildman–Crippen MR) is 156 cm³/mol. The van der Waals surface area contributed by atoms with E-state index < -0.39 is 12.0 Å². The number of rotatable bonds is 7. The zero-order chi connectivity index (χ0) is 27.5. The molecule has 3 aromatic carbocycles. The summed E-state index contributed by atoms with van der Waals surface area (Å²) in [6.07, 6.45) is 1.84. The van der Waals surface area contributed by atoms with Gasteiger partial charge in [-0.25, -0.2) is 9.79 Å². The van der Waals surface area contributed by atoms with Gasteiger partial charge in [0.2, 0.25) is 0 Å². The molecule has 0 saturated carbocycles. The normalized spacial score (nSPS) is 15.1. The Labute approximate surface area is 238 Å². The largest absolute Gasteiger partial charge is 0.488 e. The van der Waals surface area contributed by atoms with Gasteiger partial charge >= 0.3 is 5.97 Å². The summed E-state index contributed by atoms with van der Waals surface area (Å²) in [5.41, 5.74) is 4.55. The SMILES string of the molecule is CCOC(=O)C1=C(C)N=c2s/c(=C/c3ccc(OCc4ccccc4)c(Br)c3)c(=O)n2[C@H]1c1ccc(C)cc1. The average Bonchev–Trinajstić information content (AvgIpc) is 3.22. The minimum Gasteiger partial charge on any atom is -0.488 e. The van der Waals surface area contributed by atoms with Crippen LogP contribution in [0, 0.1) is 6.92 Å². The van der Waals surface area contributed by atoms with Gasteiger partial charge in [-0.05, 0) is 71.6 Å². The molecule has 39 heavy (non-hydrogen) atoms. The number of benzene rings is 3. The number of aryl methyl sites for hydroxylation is 1. The number of aromatic nitrogens is 1. The molecule has 1 aromatic heterocycles. The number of ether oxygens (including phenoxy) is 2. The fraction of sp³-hybridized carbons (Fsp3) is 0.194. The molecule has 4 aromatic rings. The quantitative estimate of drug-likeness (QED) is 0.264. The van der Waals surface area contributed by atoms with E-state index in [0.717, 1.165) is 26.7 Å².